The lowest BCUT2D eigenvalue weighted by Crippen LogP contribution is -2.45. The van der Waals surface area contributed by atoms with Crippen LogP contribution in [0, 0.1) is 5.82 Å². The Morgan fingerprint density at radius 2 is 1.77 bits per heavy atom. The molecule has 0 aliphatic carbocycles. The van der Waals surface area contributed by atoms with Crippen molar-refractivity contribution in [3.63, 3.8) is 0 Å². The van der Waals surface area contributed by atoms with Crippen molar-refractivity contribution in [3.05, 3.63) is 70.5 Å². The molecule has 0 bridgehead atoms. The first-order chi connectivity index (χ1) is 11.7. The van der Waals surface area contributed by atoms with Gasteiger partial charge in [0.25, 0.3) is 0 Å². The van der Waals surface area contributed by atoms with Crippen LogP contribution < -0.4 is 0 Å². The fourth-order valence-electron chi connectivity index (χ4n) is 3.05. The summed E-state index contributed by atoms with van der Waals surface area (Å²) in [5, 5.41) is 9.46. The Labute approximate surface area is 153 Å². The van der Waals surface area contributed by atoms with E-state index in [0.29, 0.717) is 16.7 Å². The van der Waals surface area contributed by atoms with Gasteiger partial charge in [-0.25, -0.2) is 4.39 Å². The number of carboxylic acids is 1. The number of aliphatic carboxylic acids is 1. The molecule has 0 aromatic heterocycles. The highest BCUT2D eigenvalue weighted by atomic mass is 35.5. The van der Waals surface area contributed by atoms with Crippen LogP contribution in [0.3, 0.4) is 0 Å². The minimum atomic E-state index is -4.44. The Hall–Kier alpha value is -2.12. The number of nitrogens with zero attached hydrogens (tertiary/aromatic N) is 1. The number of carboxylic acid groups (broad SMARTS) is 1. The summed E-state index contributed by atoms with van der Waals surface area (Å²) in [6.07, 6.45) is -4.32. The van der Waals surface area contributed by atoms with E-state index in [1.165, 1.54) is 30.3 Å². The van der Waals surface area contributed by atoms with Crippen molar-refractivity contribution in [2.75, 3.05) is 0 Å². The molecular formula is C18H16ClF4NO2. The number of benzene rings is 2. The molecule has 0 spiro atoms. The third-order valence-corrected chi connectivity index (χ3v) is 4.35. The Kier molecular flexibility index (Phi) is 5.93. The third-order valence-electron chi connectivity index (χ3n) is 4.35. The van der Waals surface area contributed by atoms with Crippen LogP contribution in [0.15, 0.2) is 42.5 Å². The molecule has 0 fully saturated rings. The standard InChI is InChI=1S/C18H15F4NO2.ClH/c19-15-5-1-11(2-6-15)9-23-10-13-7-14(18(20,21)22)4-3-12(13)8-16(23)17(24)25;/h1-7,16H,8-10H2,(H,24,25);1H. The van der Waals surface area contributed by atoms with Crippen molar-refractivity contribution in [1.82, 2.24) is 4.90 Å². The maximum atomic E-state index is 13.0. The highest BCUT2D eigenvalue weighted by molar-refractivity contribution is 5.85. The number of fused-ring (bicyclic) bond motifs is 1. The van der Waals surface area contributed by atoms with E-state index in [2.05, 4.69) is 0 Å². The van der Waals surface area contributed by atoms with E-state index in [9.17, 15) is 27.5 Å². The summed E-state index contributed by atoms with van der Waals surface area (Å²) in [4.78, 5) is 13.2. The molecule has 8 heteroatoms. The molecule has 26 heavy (non-hydrogen) atoms. The second-order valence-electron chi connectivity index (χ2n) is 6.07. The lowest BCUT2D eigenvalue weighted by molar-refractivity contribution is -0.144. The van der Waals surface area contributed by atoms with Gasteiger partial charge in [0.15, 0.2) is 0 Å². The van der Waals surface area contributed by atoms with Crippen molar-refractivity contribution >= 4 is 18.4 Å². The Balaban J connectivity index is 0.00000243. The van der Waals surface area contributed by atoms with Crippen LogP contribution in [0.25, 0.3) is 0 Å². The monoisotopic (exact) mass is 389 g/mol. The molecule has 140 valence electrons. The molecule has 1 heterocycles. The third kappa shape index (κ3) is 4.34. The van der Waals surface area contributed by atoms with Gasteiger partial charge in [-0.1, -0.05) is 18.2 Å². The summed E-state index contributed by atoms with van der Waals surface area (Å²) < 4.78 is 51.7. The molecule has 0 saturated heterocycles. The van der Waals surface area contributed by atoms with E-state index >= 15 is 0 Å². The lowest BCUT2D eigenvalue weighted by atomic mass is 9.92. The molecule has 2 aromatic carbocycles. The number of hydrogen-bond donors (Lipinski definition) is 1. The van der Waals surface area contributed by atoms with Crippen LogP contribution in [0.5, 0.6) is 0 Å². The van der Waals surface area contributed by atoms with Crippen molar-refractivity contribution in [3.8, 4) is 0 Å². The van der Waals surface area contributed by atoms with E-state index in [1.807, 2.05) is 0 Å². The number of alkyl halides is 3. The first kappa shape index (κ1) is 20.2. The summed E-state index contributed by atoms with van der Waals surface area (Å²) in [6, 6.07) is 8.18. The smallest absolute Gasteiger partial charge is 0.416 e. The fraction of sp³-hybridized carbons (Fsp3) is 0.278. The van der Waals surface area contributed by atoms with E-state index in [1.54, 1.807) is 4.90 Å². The average molecular weight is 390 g/mol. The highest BCUT2D eigenvalue weighted by Crippen LogP contribution is 2.33. The van der Waals surface area contributed by atoms with Gasteiger partial charge in [0.2, 0.25) is 0 Å². The fourth-order valence-corrected chi connectivity index (χ4v) is 3.05. The molecule has 1 N–H and O–H groups in total. The Bertz CT molecular complexity index is 793. The quantitative estimate of drug-likeness (QED) is 0.797. The van der Waals surface area contributed by atoms with Crippen LogP contribution in [0.4, 0.5) is 17.6 Å². The van der Waals surface area contributed by atoms with Crippen molar-refractivity contribution < 1.29 is 27.5 Å². The highest BCUT2D eigenvalue weighted by Gasteiger charge is 2.35. The van der Waals surface area contributed by atoms with E-state index < -0.39 is 29.6 Å². The van der Waals surface area contributed by atoms with Gasteiger partial charge in [-0.05, 0) is 47.4 Å². The maximum absolute atomic E-state index is 13.0. The normalized spacial score (nSPS) is 17.3. The van der Waals surface area contributed by atoms with Gasteiger partial charge < -0.3 is 5.11 Å². The first-order valence-electron chi connectivity index (χ1n) is 7.64. The van der Waals surface area contributed by atoms with Crippen LogP contribution >= 0.6 is 12.4 Å². The molecule has 1 aliphatic heterocycles. The topological polar surface area (TPSA) is 40.5 Å². The van der Waals surface area contributed by atoms with Gasteiger partial charge in [0.1, 0.15) is 11.9 Å². The maximum Gasteiger partial charge on any atom is 0.416 e. The summed E-state index contributed by atoms with van der Waals surface area (Å²) in [5.74, 6) is -1.44. The van der Waals surface area contributed by atoms with Gasteiger partial charge in [-0.2, -0.15) is 13.2 Å². The minimum Gasteiger partial charge on any atom is -0.480 e. The number of rotatable bonds is 3. The zero-order valence-electron chi connectivity index (χ0n) is 13.5. The SMILES string of the molecule is Cl.O=C(O)C1Cc2ccc(C(F)(F)F)cc2CN1Cc1ccc(F)cc1. The zero-order valence-corrected chi connectivity index (χ0v) is 14.3. The molecule has 3 nitrogen and oxygen atoms in total. The summed E-state index contributed by atoms with van der Waals surface area (Å²) in [6.45, 7) is 0.306. The predicted molar refractivity (Wildman–Crippen MR) is 89.5 cm³/mol. The second-order valence-corrected chi connectivity index (χ2v) is 6.07. The van der Waals surface area contributed by atoms with Gasteiger partial charge in [0.05, 0.1) is 5.56 Å². The molecule has 1 atom stereocenters. The number of halogens is 5. The van der Waals surface area contributed by atoms with Gasteiger partial charge in [0, 0.05) is 13.1 Å². The lowest BCUT2D eigenvalue weighted by Gasteiger charge is -2.34. The molecule has 1 aliphatic rings. The molecular weight excluding hydrogens is 374 g/mol. The number of carbonyl (C=O) groups is 1. The van der Waals surface area contributed by atoms with E-state index in [-0.39, 0.29) is 31.9 Å². The molecule has 0 saturated carbocycles. The molecule has 0 radical (unpaired) electrons. The van der Waals surface area contributed by atoms with Gasteiger partial charge >= 0.3 is 12.1 Å². The predicted octanol–water partition coefficient (Wildman–Crippen LogP) is 4.28. The van der Waals surface area contributed by atoms with Crippen LogP contribution in [-0.4, -0.2) is 22.0 Å². The summed E-state index contributed by atoms with van der Waals surface area (Å²) in [7, 11) is 0. The largest absolute Gasteiger partial charge is 0.480 e. The van der Waals surface area contributed by atoms with Gasteiger partial charge in [-0.3, -0.25) is 9.69 Å². The summed E-state index contributed by atoms with van der Waals surface area (Å²) >= 11 is 0. The Morgan fingerprint density at radius 1 is 1.12 bits per heavy atom. The average Bonchev–Trinajstić information content (AvgIpc) is 2.54. The van der Waals surface area contributed by atoms with Crippen molar-refractivity contribution in [2.24, 2.45) is 0 Å². The first-order valence-corrected chi connectivity index (χ1v) is 7.64. The zero-order chi connectivity index (χ0) is 18.2. The number of hydrogen-bond acceptors (Lipinski definition) is 2. The Morgan fingerprint density at radius 3 is 2.35 bits per heavy atom. The molecule has 3 rings (SSSR count). The molecule has 0 amide bonds. The molecule has 2 aromatic rings. The van der Waals surface area contributed by atoms with Gasteiger partial charge in [-0.15, -0.1) is 12.4 Å². The molecule has 1 unspecified atom stereocenters. The minimum absolute atomic E-state index is 0. The summed E-state index contributed by atoms with van der Waals surface area (Å²) in [5.41, 5.74) is 1.02. The van der Waals surface area contributed by atoms with Crippen LogP contribution in [0.2, 0.25) is 0 Å². The van der Waals surface area contributed by atoms with E-state index in [0.717, 1.165) is 12.1 Å². The van der Waals surface area contributed by atoms with Crippen LogP contribution in [0.1, 0.15) is 22.3 Å². The van der Waals surface area contributed by atoms with Crippen molar-refractivity contribution in [1.29, 1.82) is 0 Å². The van der Waals surface area contributed by atoms with E-state index in [4.69, 9.17) is 0 Å². The second kappa shape index (κ2) is 7.63. The van der Waals surface area contributed by atoms with Crippen molar-refractivity contribution in [2.45, 2.75) is 31.7 Å². The van der Waals surface area contributed by atoms with Crippen LogP contribution in [-0.2, 0) is 30.5 Å².